The minimum Gasteiger partial charge on any atom is -0.496 e. The Bertz CT molecular complexity index is 1050. The van der Waals surface area contributed by atoms with Gasteiger partial charge in [0.05, 0.1) is 32.9 Å². The lowest BCUT2D eigenvalue weighted by Crippen LogP contribution is -2.46. The number of allylic oxidation sites excluding steroid dienone is 1. The normalized spacial score (nSPS) is 16.0. The van der Waals surface area contributed by atoms with E-state index >= 15 is 0 Å². The molecule has 0 saturated carbocycles. The fourth-order valence-corrected chi connectivity index (χ4v) is 3.56. The average molecular weight is 425 g/mol. The second-order valence-electron chi connectivity index (χ2n) is 7.21. The van der Waals surface area contributed by atoms with Gasteiger partial charge in [-0.25, -0.2) is 4.79 Å². The highest BCUT2D eigenvalue weighted by atomic mass is 16.5. The van der Waals surface area contributed by atoms with Crippen LogP contribution in [-0.4, -0.2) is 45.2 Å². The van der Waals surface area contributed by atoms with Crippen LogP contribution >= 0.6 is 0 Å². The Morgan fingerprint density at radius 2 is 1.65 bits per heavy atom. The van der Waals surface area contributed by atoms with E-state index in [-0.39, 0.29) is 11.9 Å². The van der Waals surface area contributed by atoms with Gasteiger partial charge in [0, 0.05) is 30.1 Å². The quantitative estimate of drug-likeness (QED) is 0.738. The second-order valence-corrected chi connectivity index (χ2v) is 7.21. The highest BCUT2D eigenvalue weighted by Crippen LogP contribution is 2.41. The molecule has 3 rings (SSSR count). The van der Waals surface area contributed by atoms with Crippen molar-refractivity contribution in [2.75, 3.05) is 33.7 Å². The van der Waals surface area contributed by atoms with E-state index in [4.69, 9.17) is 14.2 Å². The Hall–Kier alpha value is -3.68. The molecule has 1 aliphatic heterocycles. The monoisotopic (exact) mass is 425 g/mol. The number of aryl methyl sites for hydroxylation is 1. The van der Waals surface area contributed by atoms with Crippen molar-refractivity contribution in [3.8, 4) is 17.2 Å². The van der Waals surface area contributed by atoms with Crippen molar-refractivity contribution >= 4 is 17.6 Å². The maximum absolute atomic E-state index is 13.4. The van der Waals surface area contributed by atoms with Crippen LogP contribution in [0.5, 0.6) is 17.2 Å². The summed E-state index contributed by atoms with van der Waals surface area (Å²) in [5.41, 5.74) is 3.21. The molecule has 0 radical (unpaired) electrons. The largest absolute Gasteiger partial charge is 0.496 e. The van der Waals surface area contributed by atoms with Gasteiger partial charge in [0.2, 0.25) is 0 Å². The summed E-state index contributed by atoms with van der Waals surface area (Å²) in [6.45, 7) is 3.69. The van der Waals surface area contributed by atoms with Crippen LogP contribution in [-0.2, 0) is 4.79 Å². The summed E-state index contributed by atoms with van der Waals surface area (Å²) in [7, 11) is 6.18. The highest BCUT2D eigenvalue weighted by Gasteiger charge is 2.36. The molecular formula is C23H27N3O5. The number of nitrogens with zero attached hydrogens (tertiary/aromatic N) is 1. The molecule has 8 nitrogen and oxygen atoms in total. The van der Waals surface area contributed by atoms with Crippen LogP contribution < -0.4 is 24.8 Å². The minimum absolute atomic E-state index is 0.322. The molecule has 0 aromatic heterocycles. The third-order valence-electron chi connectivity index (χ3n) is 5.32. The maximum atomic E-state index is 13.4. The zero-order chi connectivity index (χ0) is 22.7. The topological polar surface area (TPSA) is 89.1 Å². The molecule has 1 aliphatic rings. The number of nitrogens with one attached hydrogen (secondary N) is 2. The lowest BCUT2D eigenvalue weighted by Gasteiger charge is -2.34. The predicted molar refractivity (Wildman–Crippen MR) is 118 cm³/mol. The molecule has 1 atom stereocenters. The first-order chi connectivity index (χ1) is 14.8. The predicted octanol–water partition coefficient (Wildman–Crippen LogP) is 3.63. The van der Waals surface area contributed by atoms with Crippen molar-refractivity contribution in [2.24, 2.45) is 0 Å². The standard InChI is InChI=1S/C23H27N3O5/c1-13-8-7-9-15(10-13)24-22(27)20-14(2)26(3)23(28)25-21(20)16-11-18(30-5)19(31-6)12-17(16)29-4/h7-12,21H,1-6H3,(H,24,27)(H,25,28). The van der Waals surface area contributed by atoms with E-state index in [1.165, 1.54) is 26.2 Å². The van der Waals surface area contributed by atoms with Gasteiger partial charge < -0.3 is 29.7 Å². The smallest absolute Gasteiger partial charge is 0.322 e. The van der Waals surface area contributed by atoms with E-state index in [9.17, 15) is 9.59 Å². The zero-order valence-corrected chi connectivity index (χ0v) is 18.5. The molecule has 0 bridgehead atoms. The molecule has 1 heterocycles. The van der Waals surface area contributed by atoms with Gasteiger partial charge in [0.1, 0.15) is 5.75 Å². The fraction of sp³-hybridized carbons (Fsp3) is 0.304. The van der Waals surface area contributed by atoms with E-state index in [0.29, 0.717) is 39.8 Å². The molecule has 0 fully saturated rings. The van der Waals surface area contributed by atoms with Gasteiger partial charge in [-0.15, -0.1) is 0 Å². The Balaban J connectivity index is 2.11. The molecule has 164 valence electrons. The number of anilines is 1. The number of rotatable bonds is 6. The number of hydrogen-bond acceptors (Lipinski definition) is 5. The van der Waals surface area contributed by atoms with Crippen molar-refractivity contribution in [3.05, 3.63) is 58.8 Å². The van der Waals surface area contributed by atoms with Gasteiger partial charge in [-0.1, -0.05) is 12.1 Å². The lowest BCUT2D eigenvalue weighted by atomic mass is 9.93. The fourth-order valence-electron chi connectivity index (χ4n) is 3.56. The van der Waals surface area contributed by atoms with Crippen LogP contribution in [0.3, 0.4) is 0 Å². The summed E-state index contributed by atoms with van der Waals surface area (Å²) >= 11 is 0. The summed E-state index contributed by atoms with van der Waals surface area (Å²) in [6.07, 6.45) is 0. The first kappa shape index (κ1) is 22.0. The van der Waals surface area contributed by atoms with Gasteiger partial charge >= 0.3 is 6.03 Å². The van der Waals surface area contributed by atoms with E-state index in [1.807, 2.05) is 31.2 Å². The van der Waals surface area contributed by atoms with Gasteiger partial charge in [-0.3, -0.25) is 4.79 Å². The van der Waals surface area contributed by atoms with E-state index in [1.54, 1.807) is 26.1 Å². The van der Waals surface area contributed by atoms with Crippen LogP contribution in [0.2, 0.25) is 0 Å². The van der Waals surface area contributed by atoms with Crippen LogP contribution in [0.25, 0.3) is 0 Å². The third kappa shape index (κ3) is 4.28. The molecular weight excluding hydrogens is 398 g/mol. The van der Waals surface area contributed by atoms with E-state index in [2.05, 4.69) is 10.6 Å². The van der Waals surface area contributed by atoms with Gasteiger partial charge in [0.15, 0.2) is 11.5 Å². The molecule has 31 heavy (non-hydrogen) atoms. The van der Waals surface area contributed by atoms with Gasteiger partial charge in [-0.2, -0.15) is 0 Å². The van der Waals surface area contributed by atoms with Crippen LogP contribution in [0.15, 0.2) is 47.7 Å². The Kier molecular flexibility index (Phi) is 6.39. The molecule has 0 aliphatic carbocycles. The van der Waals surface area contributed by atoms with Crippen LogP contribution in [0, 0.1) is 6.92 Å². The van der Waals surface area contributed by atoms with Crippen molar-refractivity contribution in [1.29, 1.82) is 0 Å². The second kappa shape index (κ2) is 8.99. The van der Waals surface area contributed by atoms with Crippen LogP contribution in [0.4, 0.5) is 10.5 Å². The number of carbonyl (C=O) groups excluding carboxylic acids is 2. The summed E-state index contributed by atoms with van der Waals surface area (Å²) in [5, 5.41) is 5.83. The molecule has 2 aromatic rings. The number of urea groups is 1. The molecule has 3 amide bonds. The van der Waals surface area contributed by atoms with Gasteiger partial charge in [-0.05, 0) is 37.6 Å². The number of carbonyl (C=O) groups is 2. The summed E-state index contributed by atoms with van der Waals surface area (Å²) in [6, 6.07) is 9.82. The summed E-state index contributed by atoms with van der Waals surface area (Å²) < 4.78 is 16.3. The molecule has 8 heteroatoms. The maximum Gasteiger partial charge on any atom is 0.322 e. The first-order valence-corrected chi connectivity index (χ1v) is 9.73. The third-order valence-corrected chi connectivity index (χ3v) is 5.32. The number of ether oxygens (including phenoxy) is 3. The van der Waals surface area contributed by atoms with Crippen LogP contribution in [0.1, 0.15) is 24.1 Å². The summed E-state index contributed by atoms with van der Waals surface area (Å²) in [5.74, 6) is 1.08. The lowest BCUT2D eigenvalue weighted by molar-refractivity contribution is -0.113. The minimum atomic E-state index is -0.747. The highest BCUT2D eigenvalue weighted by molar-refractivity contribution is 6.07. The molecule has 0 saturated heterocycles. The SMILES string of the molecule is COc1cc(OC)c(C2NC(=O)N(C)C(C)=C2C(=O)Nc2cccc(C)c2)cc1OC. The Morgan fingerprint density at radius 1 is 1.00 bits per heavy atom. The molecule has 2 aromatic carbocycles. The molecule has 1 unspecified atom stereocenters. The van der Waals surface area contributed by atoms with E-state index in [0.717, 1.165) is 5.56 Å². The number of hydrogen-bond donors (Lipinski definition) is 2. The number of methoxy groups -OCH3 is 3. The Morgan fingerprint density at radius 3 is 2.26 bits per heavy atom. The van der Waals surface area contributed by atoms with Gasteiger partial charge in [0.25, 0.3) is 5.91 Å². The van der Waals surface area contributed by atoms with Crippen molar-refractivity contribution < 1.29 is 23.8 Å². The summed E-state index contributed by atoms with van der Waals surface area (Å²) in [4.78, 5) is 27.4. The van der Waals surface area contributed by atoms with E-state index < -0.39 is 6.04 Å². The van der Waals surface area contributed by atoms with Crippen molar-refractivity contribution in [1.82, 2.24) is 10.2 Å². The molecule has 2 N–H and O–H groups in total. The molecule has 0 spiro atoms. The zero-order valence-electron chi connectivity index (χ0n) is 18.5. The average Bonchev–Trinajstić information content (AvgIpc) is 2.76. The number of amides is 3. The number of benzene rings is 2. The van der Waals surface area contributed by atoms with Crippen molar-refractivity contribution in [2.45, 2.75) is 19.9 Å². The first-order valence-electron chi connectivity index (χ1n) is 9.73. The van der Waals surface area contributed by atoms with Crippen molar-refractivity contribution in [3.63, 3.8) is 0 Å². The Labute approximate surface area is 181 Å².